The second-order valence-corrected chi connectivity index (χ2v) is 4.59. The first-order valence-electron chi connectivity index (χ1n) is 6.36. The van der Waals surface area contributed by atoms with Crippen molar-refractivity contribution in [3.8, 4) is 0 Å². The van der Waals surface area contributed by atoms with E-state index >= 15 is 0 Å². The number of hydrogen-bond acceptors (Lipinski definition) is 7. The molecule has 20 heavy (non-hydrogen) atoms. The molecule has 9 heteroatoms. The molecule has 4 N–H and O–H groups in total. The maximum Gasteiger partial charge on any atom is 0.329 e. The van der Waals surface area contributed by atoms with E-state index in [-0.39, 0.29) is 23.4 Å². The largest absolute Gasteiger partial charge is 0.368 e. The molecule has 0 radical (unpaired) electrons. The number of nitrogens with two attached hydrogens (primary N) is 1. The lowest BCUT2D eigenvalue weighted by Gasteiger charge is -2.06. The fraction of sp³-hybridized carbons (Fsp3) is 0.545. The van der Waals surface area contributed by atoms with Crippen LogP contribution in [-0.2, 0) is 4.79 Å². The summed E-state index contributed by atoms with van der Waals surface area (Å²) in [5.41, 5.74) is 5.16. The molecule has 1 aromatic heterocycles. The van der Waals surface area contributed by atoms with Crippen molar-refractivity contribution in [2.45, 2.75) is 31.7 Å². The van der Waals surface area contributed by atoms with Crippen LogP contribution >= 0.6 is 0 Å². The average molecular weight is 280 g/mol. The van der Waals surface area contributed by atoms with Gasteiger partial charge in [0.05, 0.1) is 4.92 Å². The zero-order chi connectivity index (χ0) is 14.5. The minimum absolute atomic E-state index is 0.00556. The lowest BCUT2D eigenvalue weighted by Crippen LogP contribution is -2.25. The average Bonchev–Trinajstić information content (AvgIpc) is 3.18. The number of carbonyl (C=O) groups excluding carboxylic acids is 1. The number of nitro groups is 1. The van der Waals surface area contributed by atoms with Crippen LogP contribution in [0.4, 0.5) is 17.5 Å². The summed E-state index contributed by atoms with van der Waals surface area (Å²) in [6, 6.07) is 0.346. The molecule has 1 aromatic rings. The van der Waals surface area contributed by atoms with Gasteiger partial charge in [0.15, 0.2) is 0 Å². The van der Waals surface area contributed by atoms with Gasteiger partial charge in [0, 0.05) is 19.0 Å². The molecule has 1 amide bonds. The van der Waals surface area contributed by atoms with Gasteiger partial charge in [0.2, 0.25) is 17.7 Å². The molecule has 1 aliphatic carbocycles. The highest BCUT2D eigenvalue weighted by molar-refractivity contribution is 5.76. The Bertz CT molecular complexity index is 517. The molecule has 2 rings (SSSR count). The van der Waals surface area contributed by atoms with Gasteiger partial charge in [-0.05, 0) is 19.3 Å². The number of anilines is 2. The Labute approximate surface area is 115 Å². The predicted octanol–water partition coefficient (Wildman–Crippen LogP) is 0.438. The van der Waals surface area contributed by atoms with E-state index in [1.165, 1.54) is 0 Å². The Morgan fingerprint density at radius 1 is 1.55 bits per heavy atom. The topological polar surface area (TPSA) is 136 Å². The molecule has 1 fully saturated rings. The first kappa shape index (κ1) is 14.0. The summed E-state index contributed by atoms with van der Waals surface area (Å²) in [5.74, 6) is 0.0423. The Kier molecular flexibility index (Phi) is 4.28. The van der Waals surface area contributed by atoms with Crippen LogP contribution in [0.1, 0.15) is 25.7 Å². The van der Waals surface area contributed by atoms with Crippen LogP contribution in [0.15, 0.2) is 6.20 Å². The van der Waals surface area contributed by atoms with Gasteiger partial charge in [0.25, 0.3) is 0 Å². The Morgan fingerprint density at radius 2 is 2.30 bits per heavy atom. The van der Waals surface area contributed by atoms with Crippen LogP contribution < -0.4 is 16.4 Å². The van der Waals surface area contributed by atoms with Gasteiger partial charge in [0.1, 0.15) is 6.20 Å². The first-order valence-corrected chi connectivity index (χ1v) is 6.36. The first-order chi connectivity index (χ1) is 9.56. The van der Waals surface area contributed by atoms with Crippen molar-refractivity contribution < 1.29 is 9.72 Å². The van der Waals surface area contributed by atoms with Crippen LogP contribution in [0, 0.1) is 10.1 Å². The fourth-order valence-corrected chi connectivity index (χ4v) is 1.64. The number of amides is 1. The van der Waals surface area contributed by atoms with Gasteiger partial charge in [-0.1, -0.05) is 0 Å². The summed E-state index contributed by atoms with van der Waals surface area (Å²) in [6.45, 7) is 0.398. The van der Waals surface area contributed by atoms with Crippen LogP contribution in [0.2, 0.25) is 0 Å². The maximum absolute atomic E-state index is 11.4. The molecule has 0 atom stereocenters. The van der Waals surface area contributed by atoms with E-state index < -0.39 is 4.92 Å². The standard InChI is InChI=1S/C11H16N6O3/c12-11-14-6-8(17(19)20)10(16-11)13-5-1-2-9(18)15-7-3-4-7/h6-7H,1-5H2,(H,15,18)(H3,12,13,14,16). The lowest BCUT2D eigenvalue weighted by atomic mass is 10.3. The normalized spacial score (nSPS) is 13.8. The van der Waals surface area contributed by atoms with E-state index in [1.54, 1.807) is 0 Å². The molecule has 108 valence electrons. The third kappa shape index (κ3) is 4.04. The van der Waals surface area contributed by atoms with Crippen molar-refractivity contribution in [3.05, 3.63) is 16.3 Å². The number of hydrogen-bond donors (Lipinski definition) is 3. The Morgan fingerprint density at radius 3 is 2.95 bits per heavy atom. The summed E-state index contributed by atoms with van der Waals surface area (Å²) in [6.07, 6.45) is 4.09. The van der Waals surface area contributed by atoms with E-state index in [4.69, 9.17) is 5.73 Å². The summed E-state index contributed by atoms with van der Waals surface area (Å²) in [5, 5.41) is 16.5. The zero-order valence-corrected chi connectivity index (χ0v) is 10.8. The maximum atomic E-state index is 11.4. The van der Waals surface area contributed by atoms with E-state index in [2.05, 4.69) is 20.6 Å². The van der Waals surface area contributed by atoms with Crippen LogP contribution in [0.3, 0.4) is 0 Å². The summed E-state index contributed by atoms with van der Waals surface area (Å²) in [4.78, 5) is 29.0. The van der Waals surface area contributed by atoms with Crippen molar-refractivity contribution in [2.24, 2.45) is 0 Å². The second-order valence-electron chi connectivity index (χ2n) is 4.59. The highest BCUT2D eigenvalue weighted by atomic mass is 16.6. The van der Waals surface area contributed by atoms with Crippen molar-refractivity contribution >= 4 is 23.4 Å². The molecule has 1 aliphatic rings. The van der Waals surface area contributed by atoms with E-state index in [0.717, 1.165) is 19.0 Å². The smallest absolute Gasteiger partial charge is 0.329 e. The number of nitrogen functional groups attached to an aromatic ring is 1. The zero-order valence-electron chi connectivity index (χ0n) is 10.8. The van der Waals surface area contributed by atoms with Crippen molar-refractivity contribution in [3.63, 3.8) is 0 Å². The molecule has 0 aliphatic heterocycles. The number of nitrogens with one attached hydrogen (secondary N) is 2. The van der Waals surface area contributed by atoms with E-state index in [0.29, 0.717) is 25.4 Å². The molecule has 0 bridgehead atoms. The summed E-state index contributed by atoms with van der Waals surface area (Å²) < 4.78 is 0. The minimum Gasteiger partial charge on any atom is -0.368 e. The molecule has 0 saturated heterocycles. The van der Waals surface area contributed by atoms with Gasteiger partial charge < -0.3 is 16.4 Å². The Hall–Kier alpha value is -2.45. The van der Waals surface area contributed by atoms with Crippen molar-refractivity contribution in [2.75, 3.05) is 17.6 Å². The monoisotopic (exact) mass is 280 g/mol. The molecule has 0 unspecified atom stereocenters. The van der Waals surface area contributed by atoms with Crippen molar-refractivity contribution in [1.82, 2.24) is 15.3 Å². The molecule has 0 aromatic carbocycles. The predicted molar refractivity (Wildman–Crippen MR) is 72.0 cm³/mol. The SMILES string of the molecule is Nc1ncc([N+](=O)[O-])c(NCCCC(=O)NC2CC2)n1. The fourth-order valence-electron chi connectivity index (χ4n) is 1.64. The van der Waals surface area contributed by atoms with Crippen LogP contribution in [-0.4, -0.2) is 33.4 Å². The number of nitrogens with zero attached hydrogens (tertiary/aromatic N) is 3. The molecular formula is C11H16N6O3. The molecular weight excluding hydrogens is 264 g/mol. The van der Waals surface area contributed by atoms with Gasteiger partial charge >= 0.3 is 5.69 Å². The third-order valence-corrected chi connectivity index (χ3v) is 2.80. The van der Waals surface area contributed by atoms with Crippen LogP contribution in [0.5, 0.6) is 0 Å². The van der Waals surface area contributed by atoms with Gasteiger partial charge in [-0.3, -0.25) is 14.9 Å². The third-order valence-electron chi connectivity index (χ3n) is 2.80. The number of carbonyl (C=O) groups is 1. The lowest BCUT2D eigenvalue weighted by molar-refractivity contribution is -0.384. The molecule has 1 saturated carbocycles. The Balaban J connectivity index is 1.79. The van der Waals surface area contributed by atoms with Crippen molar-refractivity contribution in [1.29, 1.82) is 0 Å². The molecule has 0 spiro atoms. The highest BCUT2D eigenvalue weighted by Crippen LogP contribution is 2.21. The van der Waals surface area contributed by atoms with Gasteiger partial charge in [-0.25, -0.2) is 4.98 Å². The van der Waals surface area contributed by atoms with E-state index in [9.17, 15) is 14.9 Å². The van der Waals surface area contributed by atoms with Crippen LogP contribution in [0.25, 0.3) is 0 Å². The van der Waals surface area contributed by atoms with Gasteiger partial charge in [-0.2, -0.15) is 4.98 Å². The highest BCUT2D eigenvalue weighted by Gasteiger charge is 2.22. The molecule has 9 nitrogen and oxygen atoms in total. The summed E-state index contributed by atoms with van der Waals surface area (Å²) >= 11 is 0. The number of rotatable bonds is 7. The van der Waals surface area contributed by atoms with E-state index in [1.807, 2.05) is 0 Å². The minimum atomic E-state index is -0.582. The number of aromatic nitrogens is 2. The summed E-state index contributed by atoms with van der Waals surface area (Å²) in [7, 11) is 0. The molecule has 1 heterocycles. The quantitative estimate of drug-likeness (QED) is 0.374. The second kappa shape index (κ2) is 6.13. The van der Waals surface area contributed by atoms with Gasteiger partial charge in [-0.15, -0.1) is 0 Å².